The normalized spacial score (nSPS) is 16.8. The third-order valence-electron chi connectivity index (χ3n) is 4.86. The van der Waals surface area contributed by atoms with Crippen LogP contribution in [0.2, 0.25) is 0 Å². The Bertz CT molecular complexity index is 863. The highest BCUT2D eigenvalue weighted by atomic mass is 19.1. The topological polar surface area (TPSA) is 74.7 Å². The number of nitrogens with zero attached hydrogens (tertiary/aromatic N) is 1. The predicted molar refractivity (Wildman–Crippen MR) is 97.1 cm³/mol. The number of rotatable bonds is 5. The molecular formula is C21H20FNO4. The lowest BCUT2D eigenvalue weighted by Crippen LogP contribution is -2.43. The lowest BCUT2D eigenvalue weighted by atomic mass is 9.89. The Labute approximate surface area is 156 Å². The minimum absolute atomic E-state index is 0.0140. The summed E-state index contributed by atoms with van der Waals surface area (Å²) in [5.41, 5.74) is 1.01. The van der Waals surface area contributed by atoms with Crippen LogP contribution in [0, 0.1) is 11.7 Å². The molecule has 1 atom stereocenters. The number of carboxylic acid groups (broad SMARTS) is 1. The molecule has 0 saturated carbocycles. The summed E-state index contributed by atoms with van der Waals surface area (Å²) in [4.78, 5) is 38.2. The first-order valence-electron chi connectivity index (χ1n) is 8.84. The van der Waals surface area contributed by atoms with E-state index in [1.54, 1.807) is 23.1 Å². The molecule has 0 aromatic heterocycles. The molecule has 6 heteroatoms. The first-order chi connectivity index (χ1) is 13.0. The SMILES string of the molecule is O=C(O)c1ccccc1CC(=O)N1CCCC(C(=O)c2ccc(F)cc2)C1. The Balaban J connectivity index is 1.69. The Kier molecular flexibility index (Phi) is 5.64. The number of hydrogen-bond donors (Lipinski definition) is 1. The van der Waals surface area contributed by atoms with Crippen molar-refractivity contribution in [2.75, 3.05) is 13.1 Å². The van der Waals surface area contributed by atoms with Gasteiger partial charge in [0.25, 0.3) is 0 Å². The van der Waals surface area contributed by atoms with Crippen LogP contribution in [0.5, 0.6) is 0 Å². The molecule has 1 saturated heterocycles. The second-order valence-corrected chi connectivity index (χ2v) is 6.69. The van der Waals surface area contributed by atoms with Crippen LogP contribution < -0.4 is 0 Å². The van der Waals surface area contributed by atoms with Crippen LogP contribution in [-0.4, -0.2) is 40.8 Å². The van der Waals surface area contributed by atoms with Crippen molar-refractivity contribution in [2.24, 2.45) is 5.92 Å². The number of aromatic carboxylic acids is 1. The highest BCUT2D eigenvalue weighted by molar-refractivity contribution is 5.98. The molecule has 3 rings (SSSR count). The maximum atomic E-state index is 13.1. The Morgan fingerprint density at radius 2 is 1.78 bits per heavy atom. The maximum absolute atomic E-state index is 13.1. The summed E-state index contributed by atoms with van der Waals surface area (Å²) in [6.07, 6.45) is 1.36. The minimum atomic E-state index is -1.07. The van der Waals surface area contributed by atoms with E-state index in [1.807, 2.05) is 0 Å². The summed E-state index contributed by atoms with van der Waals surface area (Å²) >= 11 is 0. The van der Waals surface area contributed by atoms with E-state index in [4.69, 9.17) is 0 Å². The van der Waals surface area contributed by atoms with Crippen LogP contribution in [-0.2, 0) is 11.2 Å². The molecule has 27 heavy (non-hydrogen) atoms. The molecule has 1 unspecified atom stereocenters. The van der Waals surface area contributed by atoms with Crippen molar-refractivity contribution >= 4 is 17.7 Å². The van der Waals surface area contributed by atoms with Crippen molar-refractivity contribution in [1.29, 1.82) is 0 Å². The van der Waals surface area contributed by atoms with Gasteiger partial charge in [-0.1, -0.05) is 18.2 Å². The molecule has 1 fully saturated rings. The van der Waals surface area contributed by atoms with Gasteiger partial charge in [-0.15, -0.1) is 0 Å². The summed E-state index contributed by atoms with van der Waals surface area (Å²) in [7, 11) is 0. The number of carbonyl (C=O) groups excluding carboxylic acids is 2. The predicted octanol–water partition coefficient (Wildman–Crippen LogP) is 3.19. The first kappa shape index (κ1) is 18.8. The Morgan fingerprint density at radius 1 is 1.07 bits per heavy atom. The number of carbonyl (C=O) groups is 3. The largest absolute Gasteiger partial charge is 0.478 e. The molecule has 0 aliphatic carbocycles. The molecule has 5 nitrogen and oxygen atoms in total. The van der Waals surface area contributed by atoms with E-state index >= 15 is 0 Å². The number of amides is 1. The monoisotopic (exact) mass is 369 g/mol. The van der Waals surface area contributed by atoms with Crippen LogP contribution in [0.4, 0.5) is 4.39 Å². The maximum Gasteiger partial charge on any atom is 0.335 e. The van der Waals surface area contributed by atoms with Crippen molar-refractivity contribution in [3.8, 4) is 0 Å². The van der Waals surface area contributed by atoms with Crippen LogP contribution in [0.1, 0.15) is 39.1 Å². The third-order valence-corrected chi connectivity index (χ3v) is 4.86. The lowest BCUT2D eigenvalue weighted by molar-refractivity contribution is -0.131. The van der Waals surface area contributed by atoms with E-state index in [0.29, 0.717) is 37.1 Å². The van der Waals surface area contributed by atoms with E-state index in [9.17, 15) is 23.9 Å². The molecule has 1 aliphatic heterocycles. The smallest absolute Gasteiger partial charge is 0.335 e. The van der Waals surface area contributed by atoms with Gasteiger partial charge >= 0.3 is 5.97 Å². The molecule has 2 aromatic carbocycles. The van der Waals surface area contributed by atoms with Crippen LogP contribution in [0.15, 0.2) is 48.5 Å². The average molecular weight is 369 g/mol. The van der Waals surface area contributed by atoms with E-state index in [1.165, 1.54) is 30.3 Å². The van der Waals surface area contributed by atoms with Gasteiger partial charge < -0.3 is 10.0 Å². The van der Waals surface area contributed by atoms with Crippen LogP contribution >= 0.6 is 0 Å². The number of ketones is 1. The summed E-state index contributed by atoms with van der Waals surface area (Å²) in [5.74, 6) is -2.09. The Morgan fingerprint density at radius 3 is 2.48 bits per heavy atom. The second kappa shape index (κ2) is 8.12. The van der Waals surface area contributed by atoms with Gasteiger partial charge in [-0.2, -0.15) is 0 Å². The molecule has 1 N–H and O–H groups in total. The van der Waals surface area contributed by atoms with Gasteiger partial charge in [0, 0.05) is 24.6 Å². The number of Topliss-reactive ketones (excluding diaryl/α,β-unsaturated/α-hetero) is 1. The molecule has 1 heterocycles. The number of carboxylic acids is 1. The zero-order chi connectivity index (χ0) is 19.4. The van der Waals surface area contributed by atoms with Crippen molar-refractivity contribution in [2.45, 2.75) is 19.3 Å². The first-order valence-corrected chi connectivity index (χ1v) is 8.84. The molecule has 0 radical (unpaired) electrons. The molecule has 2 aromatic rings. The second-order valence-electron chi connectivity index (χ2n) is 6.69. The van der Waals surface area contributed by atoms with Crippen molar-refractivity contribution in [3.05, 3.63) is 71.0 Å². The van der Waals surface area contributed by atoms with Gasteiger partial charge in [-0.05, 0) is 48.7 Å². The highest BCUT2D eigenvalue weighted by Gasteiger charge is 2.29. The number of hydrogen-bond acceptors (Lipinski definition) is 3. The number of piperidine rings is 1. The average Bonchev–Trinajstić information content (AvgIpc) is 2.68. The van der Waals surface area contributed by atoms with Crippen molar-refractivity contribution < 1.29 is 23.9 Å². The number of halogens is 1. The molecule has 0 spiro atoms. The van der Waals surface area contributed by atoms with Gasteiger partial charge in [-0.3, -0.25) is 9.59 Å². The molecular weight excluding hydrogens is 349 g/mol. The standard InChI is InChI=1S/C21H20FNO4/c22-17-9-7-14(8-10-17)20(25)16-5-3-11-23(13-16)19(24)12-15-4-1-2-6-18(15)21(26)27/h1-2,4,6-10,16H,3,5,11-13H2,(H,26,27). The highest BCUT2D eigenvalue weighted by Crippen LogP contribution is 2.22. The summed E-state index contributed by atoms with van der Waals surface area (Å²) in [5, 5.41) is 9.25. The van der Waals surface area contributed by atoms with E-state index in [2.05, 4.69) is 0 Å². The van der Waals surface area contributed by atoms with Crippen LogP contribution in [0.3, 0.4) is 0 Å². The quantitative estimate of drug-likeness (QED) is 0.822. The lowest BCUT2D eigenvalue weighted by Gasteiger charge is -2.32. The Hall–Kier alpha value is -3.02. The number of likely N-dealkylation sites (tertiary alicyclic amines) is 1. The van der Waals surface area contributed by atoms with Crippen molar-refractivity contribution in [1.82, 2.24) is 4.90 Å². The summed E-state index contributed by atoms with van der Waals surface area (Å²) in [6, 6.07) is 11.9. The zero-order valence-corrected chi connectivity index (χ0v) is 14.7. The van der Waals surface area contributed by atoms with Gasteiger partial charge in [-0.25, -0.2) is 9.18 Å². The van der Waals surface area contributed by atoms with Gasteiger partial charge in [0.15, 0.2) is 5.78 Å². The van der Waals surface area contributed by atoms with E-state index in [-0.39, 0.29) is 29.6 Å². The molecule has 1 aliphatic rings. The number of benzene rings is 2. The summed E-state index contributed by atoms with van der Waals surface area (Å²) in [6.45, 7) is 0.839. The fourth-order valence-electron chi connectivity index (χ4n) is 3.43. The van der Waals surface area contributed by atoms with Crippen molar-refractivity contribution in [3.63, 3.8) is 0 Å². The summed E-state index contributed by atoms with van der Waals surface area (Å²) < 4.78 is 13.1. The molecule has 140 valence electrons. The van der Waals surface area contributed by atoms with E-state index in [0.717, 1.165) is 0 Å². The van der Waals surface area contributed by atoms with Gasteiger partial charge in [0.2, 0.25) is 5.91 Å². The molecule has 1 amide bonds. The van der Waals surface area contributed by atoms with E-state index < -0.39 is 11.8 Å². The van der Waals surface area contributed by atoms with Gasteiger partial charge in [0.05, 0.1) is 12.0 Å². The van der Waals surface area contributed by atoms with Gasteiger partial charge in [0.1, 0.15) is 5.82 Å². The minimum Gasteiger partial charge on any atom is -0.478 e. The fraction of sp³-hybridized carbons (Fsp3) is 0.286. The zero-order valence-electron chi connectivity index (χ0n) is 14.7. The van der Waals surface area contributed by atoms with Crippen LogP contribution in [0.25, 0.3) is 0 Å². The molecule has 0 bridgehead atoms. The fourth-order valence-corrected chi connectivity index (χ4v) is 3.43. The third kappa shape index (κ3) is 4.39.